The molecule has 1 aliphatic rings. The summed E-state index contributed by atoms with van der Waals surface area (Å²) < 4.78 is 0. The number of hydrogen-bond donors (Lipinski definition) is 3. The number of carbonyl (C=O) groups excluding carboxylic acids is 1. The maximum absolute atomic E-state index is 11.1. The fourth-order valence-corrected chi connectivity index (χ4v) is 2.80. The smallest absolute Gasteiger partial charge is 0.220 e. The summed E-state index contributed by atoms with van der Waals surface area (Å²) in [5.41, 5.74) is 0. The summed E-state index contributed by atoms with van der Waals surface area (Å²) in [6, 6.07) is 0.237. The molecule has 1 aromatic heterocycles. The van der Waals surface area contributed by atoms with Gasteiger partial charge in [0.2, 0.25) is 5.91 Å². The van der Waals surface area contributed by atoms with Gasteiger partial charge in [0.05, 0.1) is 6.54 Å². The Bertz CT molecular complexity index is 475. The van der Waals surface area contributed by atoms with Crippen LogP contribution in [0, 0.1) is 0 Å². The fraction of sp³-hybridized carbons (Fsp3) is 0.615. The van der Waals surface area contributed by atoms with Gasteiger partial charge in [-0.1, -0.05) is 6.92 Å². The van der Waals surface area contributed by atoms with Crippen LogP contribution in [0.15, 0.2) is 11.2 Å². The van der Waals surface area contributed by atoms with Crippen molar-refractivity contribution in [1.82, 2.24) is 20.9 Å². The molecule has 0 spiro atoms. The molecule has 1 amide bonds. The van der Waals surface area contributed by atoms with Crippen LogP contribution in [0.25, 0.3) is 0 Å². The summed E-state index contributed by atoms with van der Waals surface area (Å²) in [5, 5.41) is 10.5. The average Bonchev–Trinajstić information content (AvgIpc) is 2.93. The quantitative estimate of drug-likeness (QED) is 0.563. The van der Waals surface area contributed by atoms with Crippen molar-refractivity contribution >= 4 is 23.2 Å². The van der Waals surface area contributed by atoms with Gasteiger partial charge >= 0.3 is 0 Å². The molecule has 0 radical (unpaired) electrons. The fourth-order valence-electron chi connectivity index (χ4n) is 2.00. The molecule has 7 heteroatoms. The van der Waals surface area contributed by atoms with Crippen LogP contribution in [-0.2, 0) is 17.8 Å². The Hall–Kier alpha value is -1.63. The van der Waals surface area contributed by atoms with Crippen molar-refractivity contribution in [3.63, 3.8) is 0 Å². The van der Waals surface area contributed by atoms with Crippen molar-refractivity contribution in [3.8, 4) is 0 Å². The molecule has 3 N–H and O–H groups in total. The van der Waals surface area contributed by atoms with Crippen LogP contribution < -0.4 is 16.0 Å². The summed E-state index contributed by atoms with van der Waals surface area (Å²) in [6.45, 7) is 3.45. The Balaban J connectivity index is 1.79. The molecule has 0 aliphatic carbocycles. The van der Waals surface area contributed by atoms with Gasteiger partial charge in [0.15, 0.2) is 5.96 Å². The summed E-state index contributed by atoms with van der Waals surface area (Å²) in [6.07, 6.45) is 4.35. The van der Waals surface area contributed by atoms with Gasteiger partial charge in [-0.2, -0.15) is 0 Å². The zero-order valence-electron chi connectivity index (χ0n) is 11.9. The first-order chi connectivity index (χ1) is 9.71. The number of piperidine rings is 1. The van der Waals surface area contributed by atoms with E-state index in [-0.39, 0.29) is 11.9 Å². The number of aryl methyl sites for hydroxylation is 1. The second kappa shape index (κ2) is 7.23. The molecule has 20 heavy (non-hydrogen) atoms. The van der Waals surface area contributed by atoms with Crippen LogP contribution in [0.4, 0.5) is 0 Å². The van der Waals surface area contributed by atoms with Crippen LogP contribution in [0.3, 0.4) is 0 Å². The Morgan fingerprint density at radius 3 is 3.10 bits per heavy atom. The van der Waals surface area contributed by atoms with Crippen molar-refractivity contribution in [3.05, 3.63) is 16.1 Å². The van der Waals surface area contributed by atoms with Crippen molar-refractivity contribution in [1.29, 1.82) is 0 Å². The number of rotatable bonds is 4. The highest BCUT2D eigenvalue weighted by Crippen LogP contribution is 2.12. The molecule has 0 aromatic carbocycles. The van der Waals surface area contributed by atoms with Crippen molar-refractivity contribution in [2.24, 2.45) is 4.99 Å². The lowest BCUT2D eigenvalue weighted by Gasteiger charge is -2.25. The Labute approximate surface area is 123 Å². The van der Waals surface area contributed by atoms with Gasteiger partial charge in [-0.3, -0.25) is 9.79 Å². The molecule has 110 valence electrons. The first-order valence-electron chi connectivity index (χ1n) is 6.88. The lowest BCUT2D eigenvalue weighted by Crippen LogP contribution is -2.51. The van der Waals surface area contributed by atoms with Gasteiger partial charge in [-0.15, -0.1) is 11.3 Å². The third-order valence-electron chi connectivity index (χ3n) is 3.19. The van der Waals surface area contributed by atoms with E-state index in [0.717, 1.165) is 23.8 Å². The summed E-state index contributed by atoms with van der Waals surface area (Å²) in [4.78, 5) is 21.0. The Kier molecular flexibility index (Phi) is 5.34. The maximum atomic E-state index is 11.1. The highest BCUT2D eigenvalue weighted by atomic mass is 32.1. The topological polar surface area (TPSA) is 78.4 Å². The molecule has 2 rings (SSSR count). The summed E-state index contributed by atoms with van der Waals surface area (Å²) in [5.74, 6) is 0.875. The molecule has 0 saturated carbocycles. The number of carbonyl (C=O) groups is 1. The number of thiazole rings is 1. The molecule has 1 saturated heterocycles. The van der Waals surface area contributed by atoms with E-state index in [9.17, 15) is 4.79 Å². The van der Waals surface area contributed by atoms with Crippen molar-refractivity contribution in [2.75, 3.05) is 13.6 Å². The molecule has 1 aliphatic heterocycles. The lowest BCUT2D eigenvalue weighted by atomic mass is 10.1. The average molecular weight is 295 g/mol. The minimum atomic E-state index is 0.126. The van der Waals surface area contributed by atoms with E-state index in [2.05, 4.69) is 32.9 Å². The Morgan fingerprint density at radius 2 is 2.50 bits per heavy atom. The highest BCUT2D eigenvalue weighted by Gasteiger charge is 2.18. The monoisotopic (exact) mass is 295 g/mol. The number of aliphatic imine (C=N–C) groups is 1. The SMILES string of the molecule is CCc1cnc(CNC(=NC)NC2CCC(=O)NC2)s1. The third kappa shape index (κ3) is 4.19. The number of nitrogens with one attached hydrogen (secondary N) is 3. The lowest BCUT2D eigenvalue weighted by molar-refractivity contribution is -0.122. The number of hydrogen-bond acceptors (Lipinski definition) is 4. The standard InChI is InChI=1S/C13H21N5OS/c1-3-10-7-16-12(20-10)8-17-13(14-2)18-9-4-5-11(19)15-6-9/h7,9H,3-6,8H2,1-2H3,(H,15,19)(H2,14,17,18). The van der Waals surface area contributed by atoms with Crippen molar-refractivity contribution in [2.45, 2.75) is 38.8 Å². The number of aromatic nitrogens is 1. The minimum absolute atomic E-state index is 0.126. The van der Waals surface area contributed by atoms with Crippen molar-refractivity contribution < 1.29 is 4.79 Å². The van der Waals surface area contributed by atoms with E-state index in [4.69, 9.17) is 0 Å². The molecule has 1 fully saturated rings. The van der Waals surface area contributed by atoms with E-state index in [1.54, 1.807) is 18.4 Å². The predicted octanol–water partition coefficient (Wildman–Crippen LogP) is 0.649. The molecule has 1 unspecified atom stereocenters. The number of guanidine groups is 1. The molecule has 2 heterocycles. The first kappa shape index (κ1) is 14.8. The van der Waals surface area contributed by atoms with Gasteiger partial charge in [0, 0.05) is 37.1 Å². The van der Waals surface area contributed by atoms with Gasteiger partial charge in [0.1, 0.15) is 5.01 Å². The van der Waals surface area contributed by atoms with E-state index < -0.39 is 0 Å². The molecule has 1 atom stereocenters. The van der Waals surface area contributed by atoms with Crippen LogP contribution in [-0.4, -0.2) is 36.5 Å². The zero-order chi connectivity index (χ0) is 14.4. The molecule has 0 bridgehead atoms. The largest absolute Gasteiger partial charge is 0.354 e. The number of amides is 1. The van der Waals surface area contributed by atoms with Gasteiger partial charge < -0.3 is 16.0 Å². The number of nitrogens with zero attached hydrogens (tertiary/aromatic N) is 2. The molecular weight excluding hydrogens is 274 g/mol. The molecular formula is C13H21N5OS. The second-order valence-electron chi connectivity index (χ2n) is 4.68. The van der Waals surface area contributed by atoms with Crippen LogP contribution in [0.1, 0.15) is 29.7 Å². The predicted molar refractivity (Wildman–Crippen MR) is 80.9 cm³/mol. The van der Waals surface area contributed by atoms with E-state index in [0.29, 0.717) is 19.5 Å². The van der Waals surface area contributed by atoms with Crippen LogP contribution in [0.2, 0.25) is 0 Å². The first-order valence-corrected chi connectivity index (χ1v) is 7.70. The van der Waals surface area contributed by atoms with Crippen LogP contribution in [0.5, 0.6) is 0 Å². The van der Waals surface area contributed by atoms with E-state index in [1.807, 2.05) is 6.20 Å². The van der Waals surface area contributed by atoms with E-state index >= 15 is 0 Å². The minimum Gasteiger partial charge on any atom is -0.354 e. The normalized spacial score (nSPS) is 19.6. The van der Waals surface area contributed by atoms with Crippen LogP contribution >= 0.6 is 11.3 Å². The summed E-state index contributed by atoms with van der Waals surface area (Å²) in [7, 11) is 1.75. The molecule has 1 aromatic rings. The second-order valence-corrected chi connectivity index (χ2v) is 5.88. The zero-order valence-corrected chi connectivity index (χ0v) is 12.7. The Morgan fingerprint density at radius 1 is 1.65 bits per heavy atom. The van der Waals surface area contributed by atoms with Gasteiger partial charge in [-0.05, 0) is 12.8 Å². The maximum Gasteiger partial charge on any atom is 0.220 e. The highest BCUT2D eigenvalue weighted by molar-refractivity contribution is 7.11. The van der Waals surface area contributed by atoms with E-state index in [1.165, 1.54) is 4.88 Å². The third-order valence-corrected chi connectivity index (χ3v) is 4.33. The van der Waals surface area contributed by atoms with Gasteiger partial charge in [-0.25, -0.2) is 4.98 Å². The molecule has 6 nitrogen and oxygen atoms in total. The summed E-state index contributed by atoms with van der Waals surface area (Å²) >= 11 is 1.72. The van der Waals surface area contributed by atoms with Gasteiger partial charge in [0.25, 0.3) is 0 Å².